The van der Waals surface area contributed by atoms with Crippen LogP contribution >= 0.6 is 11.6 Å². The summed E-state index contributed by atoms with van der Waals surface area (Å²) in [6.07, 6.45) is 5.48. The molecule has 2 aliphatic rings. The molecule has 62 valence electrons. The highest BCUT2D eigenvalue weighted by molar-refractivity contribution is 6.22. The number of ketones is 1. The van der Waals surface area contributed by atoms with Crippen molar-refractivity contribution in [2.24, 2.45) is 11.8 Å². The van der Waals surface area contributed by atoms with Gasteiger partial charge in [-0.25, -0.2) is 0 Å². The van der Waals surface area contributed by atoms with Crippen molar-refractivity contribution in [2.75, 3.05) is 0 Å². The van der Waals surface area contributed by atoms with Gasteiger partial charge in [0.1, 0.15) is 5.78 Å². The lowest BCUT2D eigenvalue weighted by Crippen LogP contribution is -2.38. The number of halogens is 1. The molecule has 11 heavy (non-hydrogen) atoms. The van der Waals surface area contributed by atoms with E-state index in [4.69, 9.17) is 11.6 Å². The highest BCUT2D eigenvalue weighted by atomic mass is 35.5. The zero-order valence-electron chi connectivity index (χ0n) is 6.55. The first kappa shape index (κ1) is 7.60. The van der Waals surface area contributed by atoms with Crippen LogP contribution in [0.5, 0.6) is 0 Å². The molecule has 1 nitrogen and oxygen atoms in total. The molecule has 2 saturated carbocycles. The Kier molecular flexibility index (Phi) is 1.92. The van der Waals surface area contributed by atoms with Crippen LogP contribution in [0, 0.1) is 11.8 Å². The first-order valence-corrected chi connectivity index (χ1v) is 4.90. The second kappa shape index (κ2) is 2.78. The molecule has 0 saturated heterocycles. The third-order valence-corrected chi connectivity index (χ3v) is 3.59. The van der Waals surface area contributed by atoms with Gasteiger partial charge in [-0.3, -0.25) is 4.79 Å². The maximum absolute atomic E-state index is 11.5. The molecule has 0 N–H and O–H groups in total. The molecule has 2 bridgehead atoms. The zero-order valence-corrected chi connectivity index (χ0v) is 7.31. The minimum Gasteiger partial charge on any atom is -0.299 e. The highest BCUT2D eigenvalue weighted by Crippen LogP contribution is 2.39. The summed E-state index contributed by atoms with van der Waals surface area (Å²) in [4.78, 5) is 11.5. The molecule has 2 fully saturated rings. The molecule has 0 unspecified atom stereocenters. The molecule has 0 heterocycles. The summed E-state index contributed by atoms with van der Waals surface area (Å²) < 4.78 is 0. The SMILES string of the molecule is O=C1[C@@H]2CCC[C@H]1[C@@H](Cl)CC2. The van der Waals surface area contributed by atoms with Crippen molar-refractivity contribution in [3.05, 3.63) is 0 Å². The quantitative estimate of drug-likeness (QED) is 0.513. The Morgan fingerprint density at radius 2 is 2.00 bits per heavy atom. The monoisotopic (exact) mass is 172 g/mol. The van der Waals surface area contributed by atoms with Crippen molar-refractivity contribution < 1.29 is 4.79 Å². The van der Waals surface area contributed by atoms with Gasteiger partial charge in [-0.2, -0.15) is 0 Å². The van der Waals surface area contributed by atoms with Crippen LogP contribution in [0.25, 0.3) is 0 Å². The number of hydrogen-bond acceptors (Lipinski definition) is 1. The van der Waals surface area contributed by atoms with Crippen LogP contribution in [0.4, 0.5) is 0 Å². The molecule has 2 aliphatic carbocycles. The van der Waals surface area contributed by atoms with Gasteiger partial charge in [0.2, 0.25) is 0 Å². The van der Waals surface area contributed by atoms with E-state index in [0.29, 0.717) is 11.7 Å². The van der Waals surface area contributed by atoms with Crippen molar-refractivity contribution in [3.8, 4) is 0 Å². The summed E-state index contributed by atoms with van der Waals surface area (Å²) in [6.45, 7) is 0. The molecule has 2 rings (SSSR count). The molecule has 0 aromatic carbocycles. The van der Waals surface area contributed by atoms with Crippen molar-refractivity contribution in [1.29, 1.82) is 0 Å². The van der Waals surface area contributed by atoms with Gasteiger partial charge in [-0.1, -0.05) is 6.42 Å². The fourth-order valence-electron chi connectivity index (χ4n) is 2.38. The Labute approximate surface area is 72.1 Å². The van der Waals surface area contributed by atoms with Gasteiger partial charge in [0.15, 0.2) is 0 Å². The summed E-state index contributed by atoms with van der Waals surface area (Å²) >= 11 is 6.06. The lowest BCUT2D eigenvalue weighted by atomic mass is 9.71. The van der Waals surface area contributed by atoms with Crippen molar-refractivity contribution >= 4 is 17.4 Å². The van der Waals surface area contributed by atoms with Crippen LogP contribution in [0.15, 0.2) is 0 Å². The Morgan fingerprint density at radius 1 is 1.18 bits per heavy atom. The second-order valence-electron chi connectivity index (χ2n) is 3.73. The number of Topliss-reactive ketones (excluding diaryl/α,β-unsaturated/α-hetero) is 1. The van der Waals surface area contributed by atoms with Gasteiger partial charge in [-0.05, 0) is 25.7 Å². The van der Waals surface area contributed by atoms with Crippen LogP contribution in [0.3, 0.4) is 0 Å². The zero-order chi connectivity index (χ0) is 7.84. The van der Waals surface area contributed by atoms with Crippen LogP contribution in [0.2, 0.25) is 0 Å². The minimum absolute atomic E-state index is 0.152. The molecule has 0 aromatic heterocycles. The number of fused-ring (bicyclic) bond motifs is 2. The predicted octanol–water partition coefficient (Wildman–Crippen LogP) is 2.37. The molecule has 0 amide bonds. The normalized spacial score (nSPS) is 44.1. The summed E-state index contributed by atoms with van der Waals surface area (Å²) in [5.74, 6) is 1.05. The van der Waals surface area contributed by atoms with E-state index >= 15 is 0 Å². The lowest BCUT2D eigenvalue weighted by molar-refractivity contribution is -0.131. The Hall–Kier alpha value is -0.0400. The molecular weight excluding hydrogens is 160 g/mol. The summed E-state index contributed by atoms with van der Waals surface area (Å²) in [7, 11) is 0. The van der Waals surface area contributed by atoms with Crippen LogP contribution in [-0.2, 0) is 4.79 Å². The average Bonchev–Trinajstić information content (AvgIpc) is 1.98. The molecule has 3 atom stereocenters. The van der Waals surface area contributed by atoms with Gasteiger partial charge >= 0.3 is 0 Å². The minimum atomic E-state index is 0.152. The van der Waals surface area contributed by atoms with Crippen LogP contribution < -0.4 is 0 Å². The number of rotatable bonds is 0. The Balaban J connectivity index is 2.16. The van der Waals surface area contributed by atoms with Gasteiger partial charge in [0.05, 0.1) is 0 Å². The standard InChI is InChI=1S/C9H13ClO/c10-8-5-4-6-2-1-3-7(8)9(6)11/h6-8H,1-5H2/t6-,7+,8+/m1/s1. The van der Waals surface area contributed by atoms with Crippen molar-refractivity contribution in [1.82, 2.24) is 0 Å². The van der Waals surface area contributed by atoms with E-state index in [-0.39, 0.29) is 11.3 Å². The van der Waals surface area contributed by atoms with E-state index in [1.807, 2.05) is 0 Å². The van der Waals surface area contributed by atoms with Gasteiger partial charge in [-0.15, -0.1) is 11.6 Å². The fourth-order valence-corrected chi connectivity index (χ4v) is 2.75. The van der Waals surface area contributed by atoms with Gasteiger partial charge in [0.25, 0.3) is 0 Å². The van der Waals surface area contributed by atoms with Crippen molar-refractivity contribution in [2.45, 2.75) is 37.5 Å². The van der Waals surface area contributed by atoms with E-state index in [2.05, 4.69) is 0 Å². The summed E-state index contributed by atoms with van der Waals surface area (Å²) in [6, 6.07) is 0. The average molecular weight is 173 g/mol. The van der Waals surface area contributed by atoms with E-state index in [1.165, 1.54) is 6.42 Å². The highest BCUT2D eigenvalue weighted by Gasteiger charge is 2.39. The number of carbonyl (C=O) groups is 1. The van der Waals surface area contributed by atoms with E-state index < -0.39 is 0 Å². The third kappa shape index (κ3) is 1.20. The topological polar surface area (TPSA) is 17.1 Å². The lowest BCUT2D eigenvalue weighted by Gasteiger charge is -2.35. The van der Waals surface area contributed by atoms with E-state index in [9.17, 15) is 4.79 Å². The van der Waals surface area contributed by atoms with Gasteiger partial charge in [0, 0.05) is 17.2 Å². The molecule has 0 aliphatic heterocycles. The van der Waals surface area contributed by atoms with Crippen LogP contribution in [-0.4, -0.2) is 11.2 Å². The maximum atomic E-state index is 11.5. The van der Waals surface area contributed by atoms with Gasteiger partial charge < -0.3 is 0 Å². The fraction of sp³-hybridized carbons (Fsp3) is 0.889. The first-order valence-electron chi connectivity index (χ1n) is 4.47. The molecule has 0 spiro atoms. The van der Waals surface area contributed by atoms with Crippen LogP contribution in [0.1, 0.15) is 32.1 Å². The third-order valence-electron chi connectivity index (χ3n) is 3.06. The molecule has 2 heteroatoms. The maximum Gasteiger partial charge on any atom is 0.140 e. The Morgan fingerprint density at radius 3 is 2.73 bits per heavy atom. The first-order chi connectivity index (χ1) is 5.29. The number of alkyl halides is 1. The second-order valence-corrected chi connectivity index (χ2v) is 4.29. The molecular formula is C9H13ClO. The number of hydrogen-bond donors (Lipinski definition) is 0. The van der Waals surface area contributed by atoms with E-state index in [1.54, 1.807) is 0 Å². The Bertz CT molecular complexity index is 178. The molecule has 0 aromatic rings. The number of carbonyl (C=O) groups excluding carboxylic acids is 1. The largest absolute Gasteiger partial charge is 0.299 e. The summed E-state index contributed by atoms with van der Waals surface area (Å²) in [5.41, 5.74) is 0. The predicted molar refractivity (Wildman–Crippen MR) is 44.7 cm³/mol. The smallest absolute Gasteiger partial charge is 0.140 e. The van der Waals surface area contributed by atoms with E-state index in [0.717, 1.165) is 25.7 Å². The van der Waals surface area contributed by atoms with Crippen molar-refractivity contribution in [3.63, 3.8) is 0 Å². The summed E-state index contributed by atoms with van der Waals surface area (Å²) in [5, 5.41) is 0.152. The molecule has 0 radical (unpaired) electrons.